The summed E-state index contributed by atoms with van der Waals surface area (Å²) in [5.74, 6) is 0. The summed E-state index contributed by atoms with van der Waals surface area (Å²) in [7, 11) is 0. The molecule has 0 saturated heterocycles. The molecule has 0 bridgehead atoms. The summed E-state index contributed by atoms with van der Waals surface area (Å²) in [4.78, 5) is 0. The number of hydrogen-bond acceptors (Lipinski definition) is 1. The summed E-state index contributed by atoms with van der Waals surface area (Å²) in [6.45, 7) is 6.75. The van der Waals surface area contributed by atoms with E-state index in [1.54, 1.807) is 0 Å². The molecule has 0 aliphatic heterocycles. The molecule has 0 aliphatic rings. The van der Waals surface area contributed by atoms with Crippen LogP contribution in [0.3, 0.4) is 0 Å². The largest absolute Gasteiger partial charge is 0.384 e. The van der Waals surface area contributed by atoms with Gasteiger partial charge in [0, 0.05) is 21.7 Å². The third kappa shape index (κ3) is 3.72. The Balaban J connectivity index is 2.57. The van der Waals surface area contributed by atoms with Gasteiger partial charge in [0.15, 0.2) is 0 Å². The normalized spacial score (nSPS) is 9.93. The standard InChI is InChI=1S/C11H13BrClN/c1-8(2)5-6-14-11-7-9(13)3-4-10(11)12/h3-4,7,14H,1,5-6H2,2H3. The first-order valence-corrected chi connectivity index (χ1v) is 5.60. The van der Waals surface area contributed by atoms with Gasteiger partial charge in [-0.2, -0.15) is 0 Å². The van der Waals surface area contributed by atoms with Crippen LogP contribution in [0.2, 0.25) is 5.02 Å². The van der Waals surface area contributed by atoms with Gasteiger partial charge in [-0.15, -0.1) is 6.58 Å². The van der Waals surface area contributed by atoms with Gasteiger partial charge < -0.3 is 5.32 Å². The Morgan fingerprint density at radius 3 is 2.93 bits per heavy atom. The molecule has 76 valence electrons. The van der Waals surface area contributed by atoms with Crippen LogP contribution < -0.4 is 5.32 Å². The van der Waals surface area contributed by atoms with Crippen LogP contribution in [-0.4, -0.2) is 6.54 Å². The zero-order chi connectivity index (χ0) is 10.6. The summed E-state index contributed by atoms with van der Waals surface area (Å²) in [6, 6.07) is 5.70. The van der Waals surface area contributed by atoms with Crippen LogP contribution in [0.25, 0.3) is 0 Å². The van der Waals surface area contributed by atoms with Crippen molar-refractivity contribution >= 4 is 33.2 Å². The first-order chi connectivity index (χ1) is 6.59. The predicted octanol–water partition coefficient (Wildman–Crippen LogP) is 4.48. The number of halogens is 2. The maximum absolute atomic E-state index is 5.88. The zero-order valence-corrected chi connectivity index (χ0v) is 10.5. The fourth-order valence-electron chi connectivity index (χ4n) is 1.04. The summed E-state index contributed by atoms with van der Waals surface area (Å²) in [5, 5.41) is 4.03. The highest BCUT2D eigenvalue weighted by Gasteiger charge is 1.99. The molecule has 3 heteroatoms. The van der Waals surface area contributed by atoms with E-state index < -0.39 is 0 Å². The molecule has 1 rings (SSSR count). The van der Waals surface area contributed by atoms with Crippen LogP contribution in [-0.2, 0) is 0 Å². The van der Waals surface area contributed by atoms with Gasteiger partial charge in [-0.1, -0.05) is 17.2 Å². The van der Waals surface area contributed by atoms with E-state index in [-0.39, 0.29) is 0 Å². The Bertz CT molecular complexity index is 336. The molecular formula is C11H13BrClN. The molecule has 0 radical (unpaired) electrons. The van der Waals surface area contributed by atoms with Crippen LogP contribution >= 0.6 is 27.5 Å². The second-order valence-electron chi connectivity index (χ2n) is 3.26. The molecule has 0 aromatic heterocycles. The van der Waals surface area contributed by atoms with Crippen LogP contribution in [0, 0.1) is 0 Å². The lowest BCUT2D eigenvalue weighted by Crippen LogP contribution is -2.02. The Kier molecular flexibility index (Phi) is 4.49. The smallest absolute Gasteiger partial charge is 0.0499 e. The molecule has 14 heavy (non-hydrogen) atoms. The van der Waals surface area contributed by atoms with Gasteiger partial charge in [0.25, 0.3) is 0 Å². The van der Waals surface area contributed by atoms with Crippen molar-refractivity contribution in [2.24, 2.45) is 0 Å². The minimum Gasteiger partial charge on any atom is -0.384 e. The topological polar surface area (TPSA) is 12.0 Å². The number of benzene rings is 1. The Labute approximate surface area is 98.3 Å². The van der Waals surface area contributed by atoms with E-state index in [2.05, 4.69) is 27.8 Å². The molecule has 1 aromatic rings. The van der Waals surface area contributed by atoms with Gasteiger partial charge in [-0.05, 0) is 47.5 Å². The average Bonchev–Trinajstić information content (AvgIpc) is 2.10. The predicted molar refractivity (Wildman–Crippen MR) is 67.1 cm³/mol. The minimum atomic E-state index is 0.742. The summed E-state index contributed by atoms with van der Waals surface area (Å²) in [5.41, 5.74) is 2.20. The van der Waals surface area contributed by atoms with E-state index in [1.165, 1.54) is 5.57 Å². The molecule has 0 saturated carbocycles. The van der Waals surface area contributed by atoms with Crippen LogP contribution in [0.1, 0.15) is 13.3 Å². The maximum atomic E-state index is 5.88. The Morgan fingerprint density at radius 2 is 2.29 bits per heavy atom. The van der Waals surface area contributed by atoms with E-state index in [4.69, 9.17) is 11.6 Å². The highest BCUT2D eigenvalue weighted by atomic mass is 79.9. The lowest BCUT2D eigenvalue weighted by molar-refractivity contribution is 1.00. The molecule has 0 amide bonds. The van der Waals surface area contributed by atoms with Crippen molar-refractivity contribution in [1.29, 1.82) is 0 Å². The quantitative estimate of drug-likeness (QED) is 0.798. The number of anilines is 1. The average molecular weight is 275 g/mol. The van der Waals surface area contributed by atoms with Crippen molar-refractivity contribution in [3.8, 4) is 0 Å². The molecule has 1 aromatic carbocycles. The maximum Gasteiger partial charge on any atom is 0.0499 e. The van der Waals surface area contributed by atoms with E-state index in [0.717, 1.165) is 28.1 Å². The Hall–Kier alpha value is -0.470. The van der Waals surface area contributed by atoms with Gasteiger partial charge in [0.1, 0.15) is 0 Å². The van der Waals surface area contributed by atoms with E-state index in [0.29, 0.717) is 0 Å². The SMILES string of the molecule is C=C(C)CCNc1cc(Cl)ccc1Br. The van der Waals surface area contributed by atoms with Gasteiger partial charge in [-0.3, -0.25) is 0 Å². The second-order valence-corrected chi connectivity index (χ2v) is 4.55. The molecule has 1 N–H and O–H groups in total. The number of rotatable bonds is 4. The van der Waals surface area contributed by atoms with Crippen molar-refractivity contribution in [1.82, 2.24) is 0 Å². The van der Waals surface area contributed by atoms with Crippen LogP contribution in [0.15, 0.2) is 34.8 Å². The molecule has 0 heterocycles. The highest BCUT2D eigenvalue weighted by Crippen LogP contribution is 2.25. The van der Waals surface area contributed by atoms with E-state index >= 15 is 0 Å². The van der Waals surface area contributed by atoms with Gasteiger partial charge in [0.2, 0.25) is 0 Å². The zero-order valence-electron chi connectivity index (χ0n) is 8.11. The first kappa shape index (κ1) is 11.6. The van der Waals surface area contributed by atoms with Gasteiger partial charge in [-0.25, -0.2) is 0 Å². The van der Waals surface area contributed by atoms with Crippen molar-refractivity contribution in [3.63, 3.8) is 0 Å². The van der Waals surface area contributed by atoms with E-state index in [9.17, 15) is 0 Å². The van der Waals surface area contributed by atoms with Crippen LogP contribution in [0.4, 0.5) is 5.69 Å². The lowest BCUT2D eigenvalue weighted by Gasteiger charge is -2.08. The number of hydrogen-bond donors (Lipinski definition) is 1. The van der Waals surface area contributed by atoms with Gasteiger partial charge in [0.05, 0.1) is 0 Å². The lowest BCUT2D eigenvalue weighted by atomic mass is 10.2. The second kappa shape index (κ2) is 5.42. The van der Waals surface area contributed by atoms with E-state index in [1.807, 2.05) is 25.1 Å². The molecule has 0 fully saturated rings. The fraction of sp³-hybridized carbons (Fsp3) is 0.273. The van der Waals surface area contributed by atoms with Crippen LogP contribution in [0.5, 0.6) is 0 Å². The molecule has 0 unspecified atom stereocenters. The molecule has 1 nitrogen and oxygen atoms in total. The minimum absolute atomic E-state index is 0.742. The molecular weight excluding hydrogens is 261 g/mol. The fourth-order valence-corrected chi connectivity index (χ4v) is 1.60. The summed E-state index contributed by atoms with van der Waals surface area (Å²) in [6.07, 6.45) is 0.971. The third-order valence-electron chi connectivity index (χ3n) is 1.80. The molecule has 0 atom stereocenters. The summed E-state index contributed by atoms with van der Waals surface area (Å²) < 4.78 is 1.03. The van der Waals surface area contributed by atoms with Crippen molar-refractivity contribution in [2.75, 3.05) is 11.9 Å². The van der Waals surface area contributed by atoms with Crippen molar-refractivity contribution in [2.45, 2.75) is 13.3 Å². The summed E-state index contributed by atoms with van der Waals surface area (Å²) >= 11 is 9.33. The van der Waals surface area contributed by atoms with Gasteiger partial charge >= 0.3 is 0 Å². The number of nitrogens with one attached hydrogen (secondary N) is 1. The first-order valence-electron chi connectivity index (χ1n) is 4.43. The van der Waals surface area contributed by atoms with Crippen molar-refractivity contribution in [3.05, 3.63) is 39.8 Å². The highest BCUT2D eigenvalue weighted by molar-refractivity contribution is 9.10. The van der Waals surface area contributed by atoms with Crippen molar-refractivity contribution < 1.29 is 0 Å². The monoisotopic (exact) mass is 273 g/mol. The third-order valence-corrected chi connectivity index (χ3v) is 2.72. The molecule has 0 aliphatic carbocycles. The Morgan fingerprint density at radius 1 is 1.57 bits per heavy atom. The molecule has 0 spiro atoms.